The summed E-state index contributed by atoms with van der Waals surface area (Å²) in [7, 11) is 1.14. The van der Waals surface area contributed by atoms with Gasteiger partial charge in [0.15, 0.2) is 5.78 Å². The molecule has 1 aliphatic rings. The zero-order chi connectivity index (χ0) is 10.0. The summed E-state index contributed by atoms with van der Waals surface area (Å²) in [5, 5.41) is 9.32. The van der Waals surface area contributed by atoms with E-state index in [1.54, 1.807) is 0 Å². The summed E-state index contributed by atoms with van der Waals surface area (Å²) in [5.41, 5.74) is -0.144. The van der Waals surface area contributed by atoms with Crippen LogP contribution in [0.5, 0.6) is 0 Å². The fourth-order valence-electron chi connectivity index (χ4n) is 0.915. The van der Waals surface area contributed by atoms with Crippen LogP contribution in [0.15, 0.2) is 35.6 Å². The average Bonchev–Trinajstić information content (AvgIpc) is 2.12. The second kappa shape index (κ2) is 3.26. The number of allylic oxidation sites excluding steroid dienone is 2. The van der Waals surface area contributed by atoms with Crippen molar-refractivity contribution < 1.29 is 19.4 Å². The smallest absolute Gasteiger partial charge is 0.345 e. The van der Waals surface area contributed by atoms with E-state index < -0.39 is 17.5 Å². The molecule has 0 heterocycles. The first kappa shape index (κ1) is 9.25. The van der Waals surface area contributed by atoms with Gasteiger partial charge in [-0.25, -0.2) is 4.79 Å². The first-order valence-electron chi connectivity index (χ1n) is 3.51. The lowest BCUT2D eigenvalue weighted by Gasteiger charge is -2.09. The number of carbonyl (C=O) groups is 2. The van der Waals surface area contributed by atoms with Gasteiger partial charge in [-0.1, -0.05) is 6.58 Å². The zero-order valence-corrected chi connectivity index (χ0v) is 7.03. The summed E-state index contributed by atoms with van der Waals surface area (Å²) in [6, 6.07) is 0. The Bertz CT molecular complexity index is 347. The van der Waals surface area contributed by atoms with Gasteiger partial charge in [-0.3, -0.25) is 4.79 Å². The van der Waals surface area contributed by atoms with Crippen LogP contribution >= 0.6 is 0 Å². The van der Waals surface area contributed by atoms with Gasteiger partial charge < -0.3 is 9.84 Å². The van der Waals surface area contributed by atoms with Gasteiger partial charge in [0.2, 0.25) is 0 Å². The Morgan fingerprint density at radius 3 is 2.69 bits per heavy atom. The van der Waals surface area contributed by atoms with Crippen LogP contribution in [0, 0.1) is 0 Å². The summed E-state index contributed by atoms with van der Waals surface area (Å²) < 4.78 is 4.33. The Labute approximate surface area is 74.8 Å². The van der Waals surface area contributed by atoms with Gasteiger partial charge in [-0.15, -0.1) is 0 Å². The van der Waals surface area contributed by atoms with Gasteiger partial charge in [0.25, 0.3) is 0 Å². The Balaban J connectivity index is 3.17. The molecule has 1 rings (SSSR count). The zero-order valence-electron chi connectivity index (χ0n) is 7.03. The van der Waals surface area contributed by atoms with Gasteiger partial charge in [0, 0.05) is 5.57 Å². The molecule has 4 nitrogen and oxygen atoms in total. The summed E-state index contributed by atoms with van der Waals surface area (Å²) >= 11 is 0. The number of aliphatic hydroxyl groups excluding tert-OH is 1. The van der Waals surface area contributed by atoms with E-state index >= 15 is 0 Å². The predicted octanol–water partition coefficient (Wildman–Crippen LogP) is 0.667. The van der Waals surface area contributed by atoms with E-state index in [-0.39, 0.29) is 11.1 Å². The highest BCUT2D eigenvalue weighted by atomic mass is 16.5. The highest BCUT2D eigenvalue weighted by molar-refractivity contribution is 6.23. The lowest BCUT2D eigenvalue weighted by atomic mass is 10.00. The fourth-order valence-corrected chi connectivity index (χ4v) is 0.915. The molecule has 0 fully saturated rings. The van der Waals surface area contributed by atoms with Gasteiger partial charge in [0.1, 0.15) is 11.3 Å². The molecular formula is C9H8O4. The average molecular weight is 180 g/mol. The summed E-state index contributed by atoms with van der Waals surface area (Å²) in [5.74, 6) is -1.84. The molecule has 0 unspecified atom stereocenters. The van der Waals surface area contributed by atoms with E-state index in [1.165, 1.54) is 6.08 Å². The molecule has 0 saturated carbocycles. The Kier molecular flexibility index (Phi) is 2.32. The molecule has 0 atom stereocenters. The van der Waals surface area contributed by atoms with Crippen molar-refractivity contribution in [2.45, 2.75) is 0 Å². The van der Waals surface area contributed by atoms with Crippen LogP contribution in [0.4, 0.5) is 0 Å². The summed E-state index contributed by atoms with van der Waals surface area (Å²) in [4.78, 5) is 22.1. The van der Waals surface area contributed by atoms with E-state index in [2.05, 4.69) is 11.3 Å². The highest BCUT2D eigenvalue weighted by Gasteiger charge is 2.25. The number of hydrogen-bond donors (Lipinski definition) is 1. The Hall–Kier alpha value is -1.84. The maximum atomic E-state index is 11.1. The Morgan fingerprint density at radius 1 is 1.54 bits per heavy atom. The van der Waals surface area contributed by atoms with Crippen molar-refractivity contribution in [2.24, 2.45) is 0 Å². The molecule has 0 amide bonds. The minimum Gasteiger partial charge on any atom is -0.506 e. The molecule has 0 aliphatic heterocycles. The lowest BCUT2D eigenvalue weighted by Crippen LogP contribution is -2.18. The van der Waals surface area contributed by atoms with Gasteiger partial charge >= 0.3 is 5.97 Å². The topological polar surface area (TPSA) is 63.6 Å². The van der Waals surface area contributed by atoms with Crippen LogP contribution < -0.4 is 0 Å². The second-order valence-electron chi connectivity index (χ2n) is 2.44. The highest BCUT2D eigenvalue weighted by Crippen LogP contribution is 2.19. The third kappa shape index (κ3) is 1.51. The Morgan fingerprint density at radius 2 is 2.15 bits per heavy atom. The molecule has 4 heteroatoms. The van der Waals surface area contributed by atoms with E-state index in [4.69, 9.17) is 0 Å². The predicted molar refractivity (Wildman–Crippen MR) is 45.0 cm³/mol. The van der Waals surface area contributed by atoms with Crippen LogP contribution in [0.2, 0.25) is 0 Å². The molecular weight excluding hydrogens is 172 g/mol. The van der Waals surface area contributed by atoms with Crippen molar-refractivity contribution in [3.05, 3.63) is 35.6 Å². The molecule has 0 aromatic carbocycles. The normalized spacial score (nSPS) is 16.4. The minimum absolute atomic E-state index is 0.222. The van der Waals surface area contributed by atoms with Gasteiger partial charge in [0.05, 0.1) is 7.11 Å². The van der Waals surface area contributed by atoms with E-state index in [1.807, 2.05) is 0 Å². The molecule has 0 bridgehead atoms. The van der Waals surface area contributed by atoms with Crippen LogP contribution in [-0.4, -0.2) is 24.0 Å². The SMILES string of the molecule is C=C1C=CC(=O)C(C(=O)OC)=C1O. The number of methoxy groups -OCH3 is 1. The molecule has 0 saturated heterocycles. The van der Waals surface area contributed by atoms with Gasteiger partial charge in [-0.2, -0.15) is 0 Å². The molecule has 0 spiro atoms. The van der Waals surface area contributed by atoms with Crippen molar-refractivity contribution in [1.82, 2.24) is 0 Å². The van der Waals surface area contributed by atoms with Crippen LogP contribution in [0.25, 0.3) is 0 Å². The monoisotopic (exact) mass is 180 g/mol. The van der Waals surface area contributed by atoms with E-state index in [0.717, 1.165) is 13.2 Å². The minimum atomic E-state index is -0.854. The van der Waals surface area contributed by atoms with Crippen molar-refractivity contribution in [3.8, 4) is 0 Å². The van der Waals surface area contributed by atoms with Crippen molar-refractivity contribution in [1.29, 1.82) is 0 Å². The summed E-state index contributed by atoms with van der Waals surface area (Å²) in [6.45, 7) is 3.44. The quantitative estimate of drug-likeness (QED) is 0.475. The number of ether oxygens (including phenoxy) is 1. The molecule has 68 valence electrons. The van der Waals surface area contributed by atoms with Crippen molar-refractivity contribution in [3.63, 3.8) is 0 Å². The number of carbonyl (C=O) groups excluding carboxylic acids is 2. The molecule has 1 aliphatic carbocycles. The maximum absolute atomic E-state index is 11.1. The lowest BCUT2D eigenvalue weighted by molar-refractivity contribution is -0.137. The molecule has 0 aromatic rings. The molecule has 0 aromatic heterocycles. The first-order chi connectivity index (χ1) is 6.07. The number of esters is 1. The standard InChI is InChI=1S/C9H8O4/c1-5-3-4-6(10)7(8(5)11)9(12)13-2/h3-4,11H,1H2,2H3. The van der Waals surface area contributed by atoms with Crippen LogP contribution in [0.1, 0.15) is 0 Å². The number of rotatable bonds is 1. The number of aliphatic hydroxyl groups is 1. The summed E-state index contributed by atoms with van der Waals surface area (Å²) in [6.07, 6.45) is 2.50. The molecule has 0 radical (unpaired) electrons. The third-order valence-electron chi connectivity index (χ3n) is 1.61. The van der Waals surface area contributed by atoms with Gasteiger partial charge in [-0.05, 0) is 12.2 Å². The third-order valence-corrected chi connectivity index (χ3v) is 1.61. The van der Waals surface area contributed by atoms with Crippen molar-refractivity contribution >= 4 is 11.8 Å². The van der Waals surface area contributed by atoms with E-state index in [9.17, 15) is 14.7 Å². The fraction of sp³-hybridized carbons (Fsp3) is 0.111. The van der Waals surface area contributed by atoms with Crippen LogP contribution in [0.3, 0.4) is 0 Å². The maximum Gasteiger partial charge on any atom is 0.345 e. The molecule has 13 heavy (non-hydrogen) atoms. The number of ketones is 1. The first-order valence-corrected chi connectivity index (χ1v) is 3.51. The number of hydrogen-bond acceptors (Lipinski definition) is 4. The van der Waals surface area contributed by atoms with E-state index in [0.29, 0.717) is 0 Å². The largest absolute Gasteiger partial charge is 0.506 e. The van der Waals surface area contributed by atoms with Crippen LogP contribution in [-0.2, 0) is 14.3 Å². The molecule has 1 N–H and O–H groups in total. The van der Waals surface area contributed by atoms with Crippen molar-refractivity contribution in [2.75, 3.05) is 7.11 Å². The second-order valence-corrected chi connectivity index (χ2v) is 2.44.